The van der Waals surface area contributed by atoms with E-state index >= 15 is 0 Å². The van der Waals surface area contributed by atoms with E-state index in [1.807, 2.05) is 0 Å². The largest absolute Gasteiger partial charge is 0.435 e. The van der Waals surface area contributed by atoms with Crippen molar-refractivity contribution in [3.8, 4) is 5.75 Å². The van der Waals surface area contributed by atoms with Crippen LogP contribution in [-0.2, 0) is 0 Å². The Labute approximate surface area is 122 Å². The van der Waals surface area contributed by atoms with Gasteiger partial charge in [-0.1, -0.05) is 0 Å². The number of hydrogen-bond donors (Lipinski definition) is 2. The molecule has 21 heavy (non-hydrogen) atoms. The molecule has 1 aliphatic heterocycles. The lowest BCUT2D eigenvalue weighted by molar-refractivity contribution is -0.0498. The first kappa shape index (κ1) is 15.7. The Morgan fingerprint density at radius 1 is 1.29 bits per heavy atom. The molecule has 0 spiro atoms. The van der Waals surface area contributed by atoms with Crippen LogP contribution in [0.25, 0.3) is 0 Å². The summed E-state index contributed by atoms with van der Waals surface area (Å²) in [7, 11) is 0. The number of halogens is 2. The first-order valence-corrected chi connectivity index (χ1v) is 7.19. The minimum atomic E-state index is -2.85. The van der Waals surface area contributed by atoms with Gasteiger partial charge in [-0.05, 0) is 62.5 Å². The number of nitrogens with one attached hydrogen (secondary N) is 2. The van der Waals surface area contributed by atoms with Gasteiger partial charge in [0.05, 0.1) is 0 Å². The zero-order valence-corrected chi connectivity index (χ0v) is 11.8. The molecule has 0 aromatic heterocycles. The fourth-order valence-corrected chi connectivity index (χ4v) is 2.45. The topological polar surface area (TPSA) is 50.4 Å². The maximum Gasteiger partial charge on any atom is 0.387 e. The summed E-state index contributed by atoms with van der Waals surface area (Å²) in [5.41, 5.74) is 0.446. The van der Waals surface area contributed by atoms with Crippen LogP contribution in [0, 0.1) is 5.92 Å². The summed E-state index contributed by atoms with van der Waals surface area (Å²) in [4.78, 5) is 11.9. The third kappa shape index (κ3) is 5.30. The Kier molecular flexibility index (Phi) is 5.92. The Morgan fingerprint density at radius 3 is 2.57 bits per heavy atom. The van der Waals surface area contributed by atoms with E-state index < -0.39 is 6.61 Å². The van der Waals surface area contributed by atoms with E-state index in [1.165, 1.54) is 24.3 Å². The van der Waals surface area contributed by atoms with Gasteiger partial charge in [0.1, 0.15) is 5.75 Å². The van der Waals surface area contributed by atoms with Gasteiger partial charge in [-0.3, -0.25) is 4.79 Å². The number of amides is 1. The lowest BCUT2D eigenvalue weighted by Gasteiger charge is -2.22. The summed E-state index contributed by atoms with van der Waals surface area (Å²) < 4.78 is 28.3. The number of carbonyl (C=O) groups excluding carboxylic acids is 1. The van der Waals surface area contributed by atoms with Gasteiger partial charge in [0.25, 0.3) is 5.91 Å². The van der Waals surface area contributed by atoms with Gasteiger partial charge in [-0.2, -0.15) is 8.78 Å². The Balaban J connectivity index is 1.74. The average molecular weight is 298 g/mol. The van der Waals surface area contributed by atoms with Gasteiger partial charge in [-0.25, -0.2) is 0 Å². The third-order valence-corrected chi connectivity index (χ3v) is 3.64. The van der Waals surface area contributed by atoms with Crippen LogP contribution in [-0.4, -0.2) is 32.2 Å². The summed E-state index contributed by atoms with van der Waals surface area (Å²) in [6.07, 6.45) is 3.27. The van der Waals surface area contributed by atoms with Crippen molar-refractivity contribution in [2.24, 2.45) is 5.92 Å². The van der Waals surface area contributed by atoms with Crippen molar-refractivity contribution < 1.29 is 18.3 Å². The molecule has 1 aliphatic rings. The van der Waals surface area contributed by atoms with Crippen LogP contribution in [0.1, 0.15) is 29.6 Å². The summed E-state index contributed by atoms with van der Waals surface area (Å²) in [6.45, 7) is -0.123. The van der Waals surface area contributed by atoms with E-state index in [0.29, 0.717) is 18.0 Å². The zero-order valence-electron chi connectivity index (χ0n) is 11.8. The highest BCUT2D eigenvalue weighted by atomic mass is 19.3. The minimum Gasteiger partial charge on any atom is -0.435 e. The highest BCUT2D eigenvalue weighted by Gasteiger charge is 2.13. The molecule has 1 aromatic rings. The molecular formula is C15H20F2N2O2. The van der Waals surface area contributed by atoms with Gasteiger partial charge in [0.15, 0.2) is 0 Å². The predicted molar refractivity (Wildman–Crippen MR) is 75.6 cm³/mol. The van der Waals surface area contributed by atoms with Crippen LogP contribution in [0.3, 0.4) is 0 Å². The van der Waals surface area contributed by atoms with Crippen LogP contribution < -0.4 is 15.4 Å². The number of alkyl halides is 2. The molecule has 2 N–H and O–H groups in total. The van der Waals surface area contributed by atoms with Crippen molar-refractivity contribution in [1.29, 1.82) is 0 Å². The smallest absolute Gasteiger partial charge is 0.387 e. The molecule has 4 nitrogen and oxygen atoms in total. The zero-order chi connectivity index (χ0) is 15.1. The van der Waals surface area contributed by atoms with E-state index in [4.69, 9.17) is 0 Å². The lowest BCUT2D eigenvalue weighted by Crippen LogP contribution is -2.31. The fourth-order valence-electron chi connectivity index (χ4n) is 2.45. The van der Waals surface area contributed by atoms with Crippen molar-refractivity contribution in [3.05, 3.63) is 29.8 Å². The van der Waals surface area contributed by atoms with E-state index in [1.54, 1.807) is 0 Å². The van der Waals surface area contributed by atoms with Crippen molar-refractivity contribution in [2.45, 2.75) is 25.9 Å². The molecule has 116 valence electrons. The van der Waals surface area contributed by atoms with Gasteiger partial charge in [0.2, 0.25) is 0 Å². The van der Waals surface area contributed by atoms with E-state index in [0.717, 1.165) is 32.4 Å². The predicted octanol–water partition coefficient (Wildman–Crippen LogP) is 2.41. The summed E-state index contributed by atoms with van der Waals surface area (Å²) in [6, 6.07) is 5.71. The third-order valence-electron chi connectivity index (χ3n) is 3.64. The standard InChI is InChI=1S/C15H20F2N2O2/c16-15(17)21-13-3-1-12(2-4-13)14(20)19-10-7-11-5-8-18-9-6-11/h1-4,11,15,18H,5-10H2,(H,19,20). The van der Waals surface area contributed by atoms with E-state index in [2.05, 4.69) is 15.4 Å². The Hall–Kier alpha value is -1.69. The lowest BCUT2D eigenvalue weighted by atomic mass is 9.95. The van der Waals surface area contributed by atoms with Gasteiger partial charge >= 0.3 is 6.61 Å². The summed E-state index contributed by atoms with van der Waals surface area (Å²) >= 11 is 0. The van der Waals surface area contributed by atoms with Crippen LogP contribution >= 0.6 is 0 Å². The maximum absolute atomic E-state index is 12.0. The minimum absolute atomic E-state index is 0.0521. The number of carbonyl (C=O) groups is 1. The van der Waals surface area contributed by atoms with Gasteiger partial charge < -0.3 is 15.4 Å². The first-order valence-electron chi connectivity index (χ1n) is 7.19. The van der Waals surface area contributed by atoms with Crippen LogP contribution in [0.5, 0.6) is 5.75 Å². The maximum atomic E-state index is 12.0. The molecule has 1 aromatic carbocycles. The fraction of sp³-hybridized carbons (Fsp3) is 0.533. The SMILES string of the molecule is O=C(NCCC1CCNCC1)c1ccc(OC(F)F)cc1. The molecular weight excluding hydrogens is 278 g/mol. The first-order chi connectivity index (χ1) is 10.1. The van der Waals surface area contributed by atoms with E-state index in [-0.39, 0.29) is 11.7 Å². The van der Waals surface area contributed by atoms with Crippen molar-refractivity contribution in [3.63, 3.8) is 0 Å². The van der Waals surface area contributed by atoms with Crippen LogP contribution in [0.2, 0.25) is 0 Å². The number of ether oxygens (including phenoxy) is 1. The van der Waals surface area contributed by atoms with E-state index in [9.17, 15) is 13.6 Å². The van der Waals surface area contributed by atoms with Gasteiger partial charge in [0, 0.05) is 12.1 Å². The van der Waals surface area contributed by atoms with Crippen molar-refractivity contribution in [2.75, 3.05) is 19.6 Å². The number of rotatable bonds is 6. The number of benzene rings is 1. The highest BCUT2D eigenvalue weighted by Crippen LogP contribution is 2.16. The second-order valence-corrected chi connectivity index (χ2v) is 5.14. The van der Waals surface area contributed by atoms with Crippen molar-refractivity contribution in [1.82, 2.24) is 10.6 Å². The molecule has 0 aliphatic carbocycles. The summed E-state index contributed by atoms with van der Waals surface area (Å²) in [5.74, 6) is 0.525. The molecule has 0 saturated carbocycles. The molecule has 2 rings (SSSR count). The number of hydrogen-bond acceptors (Lipinski definition) is 3. The number of piperidine rings is 1. The second kappa shape index (κ2) is 7.93. The second-order valence-electron chi connectivity index (χ2n) is 5.14. The molecule has 0 radical (unpaired) electrons. The molecule has 0 unspecified atom stereocenters. The molecule has 0 bridgehead atoms. The van der Waals surface area contributed by atoms with Gasteiger partial charge in [-0.15, -0.1) is 0 Å². The Morgan fingerprint density at radius 2 is 1.95 bits per heavy atom. The van der Waals surface area contributed by atoms with Crippen LogP contribution in [0.15, 0.2) is 24.3 Å². The molecule has 0 atom stereocenters. The normalized spacial score (nSPS) is 16.0. The molecule has 1 heterocycles. The molecule has 1 amide bonds. The summed E-state index contributed by atoms with van der Waals surface area (Å²) in [5, 5.41) is 6.16. The molecule has 1 fully saturated rings. The molecule has 1 saturated heterocycles. The quantitative estimate of drug-likeness (QED) is 0.848. The molecule has 6 heteroatoms. The highest BCUT2D eigenvalue weighted by molar-refractivity contribution is 5.94. The monoisotopic (exact) mass is 298 g/mol. The Bertz CT molecular complexity index is 445. The van der Waals surface area contributed by atoms with Crippen molar-refractivity contribution >= 4 is 5.91 Å². The average Bonchev–Trinajstić information content (AvgIpc) is 2.48. The van der Waals surface area contributed by atoms with Crippen LogP contribution in [0.4, 0.5) is 8.78 Å².